The molecule has 0 fully saturated rings. The normalized spacial score (nSPS) is 10.4. The molecule has 1 aromatic carbocycles. The molecule has 92 valence electrons. The van der Waals surface area contributed by atoms with E-state index in [1.807, 2.05) is 0 Å². The third-order valence-corrected chi connectivity index (χ3v) is 2.67. The quantitative estimate of drug-likeness (QED) is 0.791. The van der Waals surface area contributed by atoms with Crippen LogP contribution in [0, 0.1) is 5.92 Å². The maximum atomic E-state index is 11.3. The van der Waals surface area contributed by atoms with Gasteiger partial charge in [-0.3, -0.25) is 9.59 Å². The number of hydrogen-bond acceptors (Lipinski definition) is 4. The van der Waals surface area contributed by atoms with Crippen LogP contribution in [0.2, 0.25) is 0 Å². The minimum absolute atomic E-state index is 0.0402. The molecule has 0 aromatic heterocycles. The van der Waals surface area contributed by atoms with Gasteiger partial charge in [0.05, 0.1) is 13.0 Å². The van der Waals surface area contributed by atoms with Crippen molar-refractivity contribution in [1.29, 1.82) is 0 Å². The second-order valence-electron chi connectivity index (χ2n) is 3.98. The summed E-state index contributed by atoms with van der Waals surface area (Å²) in [4.78, 5) is 22.6. The summed E-state index contributed by atoms with van der Waals surface area (Å²) in [6.07, 6.45) is 0.335. The van der Waals surface area contributed by atoms with Gasteiger partial charge in [0.2, 0.25) is 0 Å². The van der Waals surface area contributed by atoms with Crippen molar-refractivity contribution in [1.82, 2.24) is 0 Å². The predicted octanol–water partition coefficient (Wildman–Crippen LogP) is 1.74. The molecule has 0 spiro atoms. The first-order valence-electron chi connectivity index (χ1n) is 5.32. The zero-order chi connectivity index (χ0) is 13.0. The van der Waals surface area contributed by atoms with E-state index in [1.165, 1.54) is 27.0 Å². The molecule has 0 radical (unpaired) electrons. The molecule has 0 aliphatic rings. The molecule has 0 unspecified atom stereocenters. The van der Waals surface area contributed by atoms with Crippen LogP contribution in [-0.4, -0.2) is 23.8 Å². The van der Waals surface area contributed by atoms with Crippen LogP contribution in [0.15, 0.2) is 18.2 Å². The number of carbonyl (C=O) groups is 2. The number of benzene rings is 1. The molecule has 0 heterocycles. The molecule has 0 saturated heterocycles. The molecule has 0 bridgehead atoms. The number of phenols is 1. The van der Waals surface area contributed by atoms with Gasteiger partial charge >= 0.3 is 0 Å². The first kappa shape index (κ1) is 13.2. The summed E-state index contributed by atoms with van der Waals surface area (Å²) >= 11 is 0. The topological polar surface area (TPSA) is 63.6 Å². The Labute approximate surface area is 100 Å². The van der Waals surface area contributed by atoms with E-state index in [0.717, 1.165) is 5.56 Å². The number of aromatic hydroxyl groups is 1. The van der Waals surface area contributed by atoms with Gasteiger partial charge in [-0.1, -0.05) is 6.07 Å². The summed E-state index contributed by atoms with van der Waals surface area (Å²) in [5.41, 5.74) is 0.787. The van der Waals surface area contributed by atoms with Crippen LogP contribution in [-0.2, 0) is 16.0 Å². The van der Waals surface area contributed by atoms with Crippen molar-refractivity contribution >= 4 is 11.6 Å². The van der Waals surface area contributed by atoms with Gasteiger partial charge in [-0.05, 0) is 38.0 Å². The Morgan fingerprint density at radius 3 is 2.35 bits per heavy atom. The van der Waals surface area contributed by atoms with Gasteiger partial charge in [-0.15, -0.1) is 0 Å². The van der Waals surface area contributed by atoms with Crippen molar-refractivity contribution in [3.8, 4) is 11.5 Å². The van der Waals surface area contributed by atoms with Crippen molar-refractivity contribution in [2.24, 2.45) is 5.92 Å². The van der Waals surface area contributed by atoms with Gasteiger partial charge in [0.25, 0.3) is 0 Å². The van der Waals surface area contributed by atoms with Crippen LogP contribution >= 0.6 is 0 Å². The van der Waals surface area contributed by atoms with E-state index in [0.29, 0.717) is 12.2 Å². The van der Waals surface area contributed by atoms with E-state index in [9.17, 15) is 14.7 Å². The average Bonchev–Trinajstić information content (AvgIpc) is 2.26. The third-order valence-electron chi connectivity index (χ3n) is 2.67. The molecule has 0 aliphatic heterocycles. The van der Waals surface area contributed by atoms with Crippen LogP contribution < -0.4 is 4.74 Å². The molecule has 1 rings (SSSR count). The fourth-order valence-corrected chi connectivity index (χ4v) is 1.66. The number of phenolic OH excluding ortho intramolecular Hbond substituents is 1. The smallest absolute Gasteiger partial charge is 0.160 e. The number of methoxy groups -OCH3 is 1. The van der Waals surface area contributed by atoms with Crippen LogP contribution in [0.3, 0.4) is 0 Å². The van der Waals surface area contributed by atoms with Gasteiger partial charge in [-0.2, -0.15) is 0 Å². The molecule has 4 nitrogen and oxygen atoms in total. The van der Waals surface area contributed by atoms with E-state index >= 15 is 0 Å². The second kappa shape index (κ2) is 5.48. The Hall–Kier alpha value is -1.84. The molecule has 0 aliphatic carbocycles. The maximum Gasteiger partial charge on any atom is 0.160 e. The predicted molar refractivity (Wildman–Crippen MR) is 63.2 cm³/mol. The summed E-state index contributed by atoms with van der Waals surface area (Å²) in [6.45, 7) is 2.81. The molecule has 0 atom stereocenters. The average molecular weight is 236 g/mol. The van der Waals surface area contributed by atoms with E-state index in [-0.39, 0.29) is 17.3 Å². The van der Waals surface area contributed by atoms with Crippen molar-refractivity contribution in [2.45, 2.75) is 20.3 Å². The summed E-state index contributed by atoms with van der Waals surface area (Å²) in [5, 5.41) is 9.43. The van der Waals surface area contributed by atoms with Crippen molar-refractivity contribution in [3.63, 3.8) is 0 Å². The van der Waals surface area contributed by atoms with Crippen molar-refractivity contribution in [3.05, 3.63) is 23.8 Å². The second-order valence-corrected chi connectivity index (χ2v) is 3.98. The number of ether oxygens (including phenoxy) is 1. The fraction of sp³-hybridized carbons (Fsp3) is 0.385. The summed E-state index contributed by atoms with van der Waals surface area (Å²) in [6, 6.07) is 4.80. The Balaban J connectivity index is 2.94. The van der Waals surface area contributed by atoms with Gasteiger partial charge in [0.15, 0.2) is 11.5 Å². The van der Waals surface area contributed by atoms with Gasteiger partial charge in [0.1, 0.15) is 11.6 Å². The maximum absolute atomic E-state index is 11.3. The Bertz CT molecular complexity index is 423. The minimum atomic E-state index is -0.621. The molecule has 17 heavy (non-hydrogen) atoms. The summed E-state index contributed by atoms with van der Waals surface area (Å²) in [5.74, 6) is -0.537. The Morgan fingerprint density at radius 1 is 1.29 bits per heavy atom. The first-order valence-corrected chi connectivity index (χ1v) is 5.32. The van der Waals surface area contributed by atoms with Crippen LogP contribution in [0.5, 0.6) is 11.5 Å². The highest BCUT2D eigenvalue weighted by Gasteiger charge is 2.20. The number of hydrogen-bond donors (Lipinski definition) is 1. The number of carbonyl (C=O) groups excluding carboxylic acids is 2. The monoisotopic (exact) mass is 236 g/mol. The molecule has 0 saturated carbocycles. The van der Waals surface area contributed by atoms with Gasteiger partial charge in [-0.25, -0.2) is 0 Å². The Kier molecular flexibility index (Phi) is 4.26. The minimum Gasteiger partial charge on any atom is -0.504 e. The third kappa shape index (κ3) is 3.31. The highest BCUT2D eigenvalue weighted by atomic mass is 16.5. The molecule has 1 N–H and O–H groups in total. The summed E-state index contributed by atoms with van der Waals surface area (Å²) in [7, 11) is 1.45. The lowest BCUT2D eigenvalue weighted by Crippen LogP contribution is -2.21. The molecule has 0 amide bonds. The fourth-order valence-electron chi connectivity index (χ4n) is 1.66. The lowest BCUT2D eigenvalue weighted by atomic mass is 9.92. The SMILES string of the molecule is COc1cc(CC(C(C)=O)C(C)=O)ccc1O. The van der Waals surface area contributed by atoms with Crippen molar-refractivity contribution in [2.75, 3.05) is 7.11 Å². The molecule has 1 aromatic rings. The van der Waals surface area contributed by atoms with Crippen LogP contribution in [0.4, 0.5) is 0 Å². The van der Waals surface area contributed by atoms with E-state index in [2.05, 4.69) is 0 Å². The van der Waals surface area contributed by atoms with Crippen molar-refractivity contribution < 1.29 is 19.4 Å². The van der Waals surface area contributed by atoms with Gasteiger partial charge < -0.3 is 9.84 Å². The van der Waals surface area contributed by atoms with E-state index in [4.69, 9.17) is 4.74 Å². The zero-order valence-electron chi connectivity index (χ0n) is 10.2. The van der Waals surface area contributed by atoms with Gasteiger partial charge in [0, 0.05) is 0 Å². The molecule has 4 heteroatoms. The number of ketones is 2. The largest absolute Gasteiger partial charge is 0.504 e. The first-order chi connectivity index (χ1) is 7.95. The molecular weight excluding hydrogens is 220 g/mol. The van der Waals surface area contributed by atoms with E-state index in [1.54, 1.807) is 12.1 Å². The number of rotatable bonds is 5. The molecular formula is C13H16O4. The van der Waals surface area contributed by atoms with E-state index < -0.39 is 5.92 Å². The highest BCUT2D eigenvalue weighted by molar-refractivity contribution is 6.00. The Morgan fingerprint density at radius 2 is 1.88 bits per heavy atom. The van der Waals surface area contributed by atoms with Crippen LogP contribution in [0.25, 0.3) is 0 Å². The lowest BCUT2D eigenvalue weighted by Gasteiger charge is -2.11. The standard InChI is InChI=1S/C13H16O4/c1-8(14)11(9(2)15)6-10-4-5-12(16)13(7-10)17-3/h4-5,7,11,16H,6H2,1-3H3. The number of Topliss-reactive ketones (excluding diaryl/α,β-unsaturated/α-hetero) is 2. The summed E-state index contributed by atoms with van der Waals surface area (Å²) < 4.78 is 4.97. The zero-order valence-corrected chi connectivity index (χ0v) is 10.2. The highest BCUT2D eigenvalue weighted by Crippen LogP contribution is 2.27. The van der Waals surface area contributed by atoms with Crippen LogP contribution in [0.1, 0.15) is 19.4 Å². The lowest BCUT2D eigenvalue weighted by molar-refractivity contribution is -0.130.